The zero-order chi connectivity index (χ0) is 11.4. The van der Waals surface area contributed by atoms with E-state index in [2.05, 4.69) is 4.74 Å². The van der Waals surface area contributed by atoms with Crippen molar-refractivity contribution in [3.63, 3.8) is 0 Å². The fraction of sp³-hybridized carbons (Fsp3) is 0.300. The number of benzene rings is 1. The Morgan fingerprint density at radius 2 is 2.20 bits per heavy atom. The highest BCUT2D eigenvalue weighted by atomic mass is 19.3. The van der Waals surface area contributed by atoms with E-state index in [1.807, 2.05) is 0 Å². The second-order valence-electron chi connectivity index (χ2n) is 3.06. The van der Waals surface area contributed by atoms with E-state index in [9.17, 15) is 13.6 Å². The Kier molecular flexibility index (Phi) is 3.60. The number of halogens is 2. The summed E-state index contributed by atoms with van der Waals surface area (Å²) >= 11 is 0. The van der Waals surface area contributed by atoms with Crippen LogP contribution < -0.4 is 4.74 Å². The molecule has 82 valence electrons. The van der Waals surface area contributed by atoms with Crippen molar-refractivity contribution in [2.75, 3.05) is 0 Å². The number of aliphatic carboxylic acids is 1. The molecule has 0 aliphatic rings. The van der Waals surface area contributed by atoms with Gasteiger partial charge in [0.1, 0.15) is 5.75 Å². The highest BCUT2D eigenvalue weighted by molar-refractivity contribution is 5.71. The maximum absolute atomic E-state index is 12.0. The predicted octanol–water partition coefficient (Wildman–Crippen LogP) is 2.22. The lowest BCUT2D eigenvalue weighted by Gasteiger charge is -2.09. The van der Waals surface area contributed by atoms with Gasteiger partial charge in [0.15, 0.2) is 0 Å². The first-order valence-corrected chi connectivity index (χ1v) is 4.25. The van der Waals surface area contributed by atoms with Crippen LogP contribution in [0.3, 0.4) is 0 Å². The third-order valence-electron chi connectivity index (χ3n) is 1.78. The lowest BCUT2D eigenvalue weighted by Crippen LogP contribution is -2.07. The lowest BCUT2D eigenvalue weighted by molar-refractivity contribution is -0.136. The van der Waals surface area contributed by atoms with Crippen LogP contribution in [-0.2, 0) is 11.2 Å². The second kappa shape index (κ2) is 4.72. The van der Waals surface area contributed by atoms with Crippen LogP contribution in [0.5, 0.6) is 5.75 Å². The molecule has 0 amide bonds. The number of carboxylic acid groups (broad SMARTS) is 1. The summed E-state index contributed by atoms with van der Waals surface area (Å²) < 4.78 is 28.2. The number of hydrogen-bond acceptors (Lipinski definition) is 2. The van der Waals surface area contributed by atoms with Gasteiger partial charge >= 0.3 is 12.6 Å². The van der Waals surface area contributed by atoms with Crippen LogP contribution in [0.15, 0.2) is 18.2 Å². The maximum atomic E-state index is 12.0. The highest BCUT2D eigenvalue weighted by Gasteiger charge is 2.12. The number of carbonyl (C=O) groups is 1. The van der Waals surface area contributed by atoms with Crippen LogP contribution in [0.4, 0.5) is 8.78 Å². The first-order valence-electron chi connectivity index (χ1n) is 4.25. The van der Waals surface area contributed by atoms with Gasteiger partial charge in [-0.15, -0.1) is 0 Å². The molecule has 0 spiro atoms. The molecular formula is C10H10F2O3. The zero-order valence-electron chi connectivity index (χ0n) is 8.04. The van der Waals surface area contributed by atoms with Gasteiger partial charge in [0.05, 0.1) is 6.42 Å². The summed E-state index contributed by atoms with van der Waals surface area (Å²) in [6.07, 6.45) is -0.331. The fourth-order valence-corrected chi connectivity index (χ4v) is 1.18. The number of carboxylic acids is 1. The van der Waals surface area contributed by atoms with E-state index in [1.165, 1.54) is 12.1 Å². The van der Waals surface area contributed by atoms with Crippen molar-refractivity contribution in [2.24, 2.45) is 0 Å². The first kappa shape index (κ1) is 11.4. The SMILES string of the molecule is Cc1ccc(CC(=O)O)c(OC(F)F)c1. The number of rotatable bonds is 4. The molecule has 1 N–H and O–H groups in total. The van der Waals surface area contributed by atoms with E-state index >= 15 is 0 Å². The van der Waals surface area contributed by atoms with Gasteiger partial charge < -0.3 is 9.84 Å². The van der Waals surface area contributed by atoms with E-state index in [4.69, 9.17) is 5.11 Å². The molecule has 3 nitrogen and oxygen atoms in total. The van der Waals surface area contributed by atoms with Gasteiger partial charge in [0.2, 0.25) is 0 Å². The van der Waals surface area contributed by atoms with Crippen molar-refractivity contribution in [3.8, 4) is 5.75 Å². The van der Waals surface area contributed by atoms with Gasteiger partial charge in [0, 0.05) is 5.56 Å². The third kappa shape index (κ3) is 3.53. The number of ether oxygens (including phenoxy) is 1. The fourth-order valence-electron chi connectivity index (χ4n) is 1.18. The first-order chi connectivity index (χ1) is 6.99. The average Bonchev–Trinajstić information content (AvgIpc) is 2.08. The maximum Gasteiger partial charge on any atom is 0.387 e. The Morgan fingerprint density at radius 1 is 1.53 bits per heavy atom. The summed E-state index contributed by atoms with van der Waals surface area (Å²) in [5.74, 6) is -1.16. The largest absolute Gasteiger partial charge is 0.481 e. The number of aryl methyl sites for hydroxylation is 1. The summed E-state index contributed by atoms with van der Waals surface area (Å²) in [6, 6.07) is 4.52. The van der Waals surface area contributed by atoms with Crippen LogP contribution in [-0.4, -0.2) is 17.7 Å². The molecule has 0 aliphatic heterocycles. The third-order valence-corrected chi connectivity index (χ3v) is 1.78. The average molecular weight is 216 g/mol. The van der Waals surface area contributed by atoms with Gasteiger partial charge in [-0.2, -0.15) is 8.78 Å². The lowest BCUT2D eigenvalue weighted by atomic mass is 10.1. The molecule has 0 heterocycles. The van der Waals surface area contributed by atoms with Crippen LogP contribution in [0.25, 0.3) is 0 Å². The van der Waals surface area contributed by atoms with Crippen molar-refractivity contribution in [1.82, 2.24) is 0 Å². The summed E-state index contributed by atoms with van der Waals surface area (Å²) in [6.45, 7) is -1.23. The van der Waals surface area contributed by atoms with E-state index in [-0.39, 0.29) is 17.7 Å². The topological polar surface area (TPSA) is 46.5 Å². The normalized spacial score (nSPS) is 10.4. The van der Waals surface area contributed by atoms with E-state index in [0.29, 0.717) is 0 Å². The van der Waals surface area contributed by atoms with Gasteiger partial charge in [-0.1, -0.05) is 12.1 Å². The Bertz CT molecular complexity index is 364. The standard InChI is InChI=1S/C10H10F2O3/c1-6-2-3-7(5-9(13)14)8(4-6)15-10(11)12/h2-4,10H,5H2,1H3,(H,13,14). The predicted molar refractivity (Wildman–Crippen MR) is 49.2 cm³/mol. The van der Waals surface area contributed by atoms with Crippen LogP contribution in [0.1, 0.15) is 11.1 Å². The molecule has 0 aromatic heterocycles. The van der Waals surface area contributed by atoms with Crippen molar-refractivity contribution in [3.05, 3.63) is 29.3 Å². The van der Waals surface area contributed by atoms with Gasteiger partial charge in [0.25, 0.3) is 0 Å². The Hall–Kier alpha value is -1.65. The molecule has 15 heavy (non-hydrogen) atoms. The molecular weight excluding hydrogens is 206 g/mol. The van der Waals surface area contributed by atoms with E-state index in [1.54, 1.807) is 13.0 Å². The Morgan fingerprint density at radius 3 is 2.73 bits per heavy atom. The molecule has 0 unspecified atom stereocenters. The Labute approximate surface area is 85.3 Å². The molecule has 0 bridgehead atoms. The van der Waals surface area contributed by atoms with Gasteiger partial charge in [-0.25, -0.2) is 0 Å². The van der Waals surface area contributed by atoms with Crippen molar-refractivity contribution in [1.29, 1.82) is 0 Å². The summed E-state index contributed by atoms with van der Waals surface area (Å²) in [5.41, 5.74) is 0.980. The van der Waals surface area contributed by atoms with Crippen LogP contribution in [0, 0.1) is 6.92 Å². The van der Waals surface area contributed by atoms with Crippen LogP contribution in [0.2, 0.25) is 0 Å². The quantitative estimate of drug-likeness (QED) is 0.839. The smallest absolute Gasteiger partial charge is 0.387 e. The monoisotopic (exact) mass is 216 g/mol. The van der Waals surface area contributed by atoms with Crippen molar-refractivity contribution >= 4 is 5.97 Å². The molecule has 1 aromatic rings. The molecule has 0 aliphatic carbocycles. The van der Waals surface area contributed by atoms with E-state index < -0.39 is 12.6 Å². The van der Waals surface area contributed by atoms with Gasteiger partial charge in [-0.3, -0.25) is 4.79 Å². The van der Waals surface area contributed by atoms with Gasteiger partial charge in [-0.05, 0) is 18.6 Å². The zero-order valence-corrected chi connectivity index (χ0v) is 8.04. The molecule has 0 radical (unpaired) electrons. The molecule has 0 fully saturated rings. The molecule has 0 saturated heterocycles. The van der Waals surface area contributed by atoms with Crippen molar-refractivity contribution < 1.29 is 23.4 Å². The summed E-state index contributed by atoms with van der Waals surface area (Å²) in [5, 5.41) is 8.55. The molecule has 5 heteroatoms. The van der Waals surface area contributed by atoms with Crippen molar-refractivity contribution in [2.45, 2.75) is 20.0 Å². The van der Waals surface area contributed by atoms with E-state index in [0.717, 1.165) is 5.56 Å². The highest BCUT2D eigenvalue weighted by Crippen LogP contribution is 2.22. The molecule has 0 saturated carbocycles. The second-order valence-corrected chi connectivity index (χ2v) is 3.06. The minimum atomic E-state index is -2.95. The summed E-state index contributed by atoms with van der Waals surface area (Å²) in [7, 11) is 0. The molecule has 0 atom stereocenters. The minimum absolute atomic E-state index is 0.0765. The minimum Gasteiger partial charge on any atom is -0.481 e. The van der Waals surface area contributed by atoms with Crippen LogP contribution >= 0.6 is 0 Å². The summed E-state index contributed by atoms with van der Waals surface area (Å²) in [4.78, 5) is 10.4. The molecule has 1 rings (SSSR count). The number of alkyl halides is 2. The Balaban J connectivity index is 2.97. The number of hydrogen-bond donors (Lipinski definition) is 1. The molecule has 1 aromatic carbocycles.